The second-order valence-corrected chi connectivity index (χ2v) is 7.45. The number of H-pyrrole nitrogens is 1. The minimum atomic E-state index is -0.525. The van der Waals surface area contributed by atoms with Gasteiger partial charge in [0.2, 0.25) is 5.43 Å². The Morgan fingerprint density at radius 3 is 2.14 bits per heavy atom. The number of anilines is 1. The number of ketones is 2. The van der Waals surface area contributed by atoms with E-state index >= 15 is 0 Å². The lowest BCUT2D eigenvalue weighted by molar-refractivity contribution is 0.0980. The van der Waals surface area contributed by atoms with Gasteiger partial charge in [-0.15, -0.1) is 0 Å². The van der Waals surface area contributed by atoms with Crippen molar-refractivity contribution in [3.05, 3.63) is 85.0 Å². The van der Waals surface area contributed by atoms with Gasteiger partial charge in [-0.25, -0.2) is 0 Å². The molecule has 0 atom stereocenters. The normalized spacial score (nSPS) is 13.1. The Hall–Kier alpha value is -3.15. The van der Waals surface area contributed by atoms with Crippen LogP contribution >= 0.6 is 23.2 Å². The van der Waals surface area contributed by atoms with Gasteiger partial charge < -0.3 is 10.7 Å². The summed E-state index contributed by atoms with van der Waals surface area (Å²) in [5.74, 6) is -0.819. The summed E-state index contributed by atoms with van der Waals surface area (Å²) in [6, 6.07) is 11.3. The van der Waals surface area contributed by atoms with Crippen LogP contribution < -0.4 is 11.2 Å². The number of aromatic nitrogens is 1. The number of aromatic amines is 1. The first kappa shape index (κ1) is 17.0. The van der Waals surface area contributed by atoms with Crippen molar-refractivity contribution < 1.29 is 9.59 Å². The zero-order valence-electron chi connectivity index (χ0n) is 14.1. The van der Waals surface area contributed by atoms with Crippen LogP contribution in [0.4, 0.5) is 5.69 Å². The van der Waals surface area contributed by atoms with Gasteiger partial charge in [-0.1, -0.05) is 47.5 Å². The molecule has 1 aliphatic heterocycles. The minimum absolute atomic E-state index is 0.0677. The molecule has 136 valence electrons. The third kappa shape index (κ3) is 2.11. The molecule has 2 aromatic rings. The number of fused-ring (bicyclic) bond motifs is 5. The standard InChI is InChI=1S/C21H10Cl2N2O3/c22-9-5-8-6-12-18(25-17(8)13(23)7-9)15-14(16(24)21(12)28)19(26)10-3-1-2-4-11(10)20(15)27/h1-7,25H,24H2. The lowest BCUT2D eigenvalue weighted by Gasteiger charge is -2.23. The molecule has 0 radical (unpaired) electrons. The molecule has 5 nitrogen and oxygen atoms in total. The predicted octanol–water partition coefficient (Wildman–Crippen LogP) is 4.30. The maximum absolute atomic E-state index is 13.2. The van der Waals surface area contributed by atoms with Crippen molar-refractivity contribution in [1.29, 1.82) is 0 Å². The fourth-order valence-electron chi connectivity index (χ4n) is 3.77. The molecule has 3 aliphatic rings. The highest BCUT2D eigenvalue weighted by Gasteiger charge is 2.36. The van der Waals surface area contributed by atoms with Crippen molar-refractivity contribution in [3.8, 4) is 11.3 Å². The summed E-state index contributed by atoms with van der Waals surface area (Å²) in [6.07, 6.45) is 0. The summed E-state index contributed by atoms with van der Waals surface area (Å²) in [7, 11) is 0. The van der Waals surface area contributed by atoms with Gasteiger partial charge in [0, 0.05) is 27.1 Å². The molecular weight excluding hydrogens is 399 g/mol. The Kier molecular flexibility index (Phi) is 3.44. The molecule has 1 heterocycles. The Morgan fingerprint density at radius 2 is 1.46 bits per heavy atom. The monoisotopic (exact) mass is 408 g/mol. The fraction of sp³-hybridized carbons (Fsp3) is 0. The summed E-state index contributed by atoms with van der Waals surface area (Å²) in [5, 5.41) is 1.33. The van der Waals surface area contributed by atoms with Gasteiger partial charge in [0.05, 0.1) is 33.0 Å². The third-order valence-electron chi connectivity index (χ3n) is 5.03. The Morgan fingerprint density at radius 1 is 0.821 bits per heavy atom. The summed E-state index contributed by atoms with van der Waals surface area (Å²) >= 11 is 12.4. The first-order valence-corrected chi connectivity index (χ1v) is 9.09. The lowest BCUT2D eigenvalue weighted by Crippen LogP contribution is -2.28. The van der Waals surface area contributed by atoms with E-state index in [0.29, 0.717) is 20.9 Å². The highest BCUT2D eigenvalue weighted by molar-refractivity contribution is 6.38. The van der Waals surface area contributed by atoms with E-state index in [1.54, 1.807) is 42.5 Å². The van der Waals surface area contributed by atoms with Crippen LogP contribution in [0.2, 0.25) is 10.0 Å². The van der Waals surface area contributed by atoms with E-state index in [9.17, 15) is 14.4 Å². The van der Waals surface area contributed by atoms with E-state index in [1.165, 1.54) is 0 Å². The fourth-order valence-corrected chi connectivity index (χ4v) is 4.32. The van der Waals surface area contributed by atoms with Gasteiger partial charge in [-0.2, -0.15) is 0 Å². The maximum Gasteiger partial charge on any atom is 0.211 e. The summed E-state index contributed by atoms with van der Waals surface area (Å²) in [5.41, 5.74) is 6.73. The SMILES string of the molecule is Nc1c2c(c3[nH]c4c(Cl)cc(Cl)cc4cc-3c1=O)C(=O)c1ccccc1C2=O. The largest absolute Gasteiger partial charge is 0.395 e. The van der Waals surface area contributed by atoms with E-state index in [1.807, 2.05) is 0 Å². The van der Waals surface area contributed by atoms with Gasteiger partial charge in [-0.05, 0) is 18.2 Å². The van der Waals surface area contributed by atoms with Gasteiger partial charge in [0.1, 0.15) is 0 Å². The second kappa shape index (κ2) is 5.67. The van der Waals surface area contributed by atoms with E-state index < -0.39 is 11.2 Å². The average molecular weight is 409 g/mol. The molecule has 0 saturated carbocycles. The third-order valence-corrected chi connectivity index (χ3v) is 5.55. The molecular formula is C21H10Cl2N2O3. The number of nitrogens with two attached hydrogens (primary N) is 1. The highest BCUT2D eigenvalue weighted by Crippen LogP contribution is 2.38. The van der Waals surface area contributed by atoms with Gasteiger partial charge >= 0.3 is 0 Å². The summed E-state index contributed by atoms with van der Waals surface area (Å²) in [6.45, 7) is 0. The Labute approximate surface area is 168 Å². The number of hydrogen-bond acceptors (Lipinski definition) is 4. The van der Waals surface area contributed by atoms with Crippen molar-refractivity contribution >= 4 is 51.4 Å². The van der Waals surface area contributed by atoms with E-state index in [0.717, 1.165) is 0 Å². The zero-order valence-corrected chi connectivity index (χ0v) is 15.6. The number of benzene rings is 3. The molecule has 5 rings (SSSR count). The van der Waals surface area contributed by atoms with E-state index in [2.05, 4.69) is 4.98 Å². The predicted molar refractivity (Wildman–Crippen MR) is 109 cm³/mol. The number of pyridine rings is 1. The number of carbonyl (C=O) groups is 2. The molecule has 0 bridgehead atoms. The van der Waals surface area contributed by atoms with Crippen molar-refractivity contribution in [1.82, 2.24) is 4.98 Å². The van der Waals surface area contributed by atoms with E-state index in [-0.39, 0.29) is 45.0 Å². The molecule has 0 aromatic heterocycles. The van der Waals surface area contributed by atoms with Crippen molar-refractivity contribution in [2.75, 3.05) is 5.73 Å². The number of nitrogens with one attached hydrogen (secondary N) is 1. The first-order valence-electron chi connectivity index (χ1n) is 8.34. The first-order chi connectivity index (χ1) is 13.4. The quantitative estimate of drug-likeness (QED) is 0.295. The summed E-state index contributed by atoms with van der Waals surface area (Å²) in [4.78, 5) is 42.2. The molecule has 2 aliphatic carbocycles. The molecule has 3 N–H and O–H groups in total. The van der Waals surface area contributed by atoms with Crippen molar-refractivity contribution in [3.63, 3.8) is 0 Å². The van der Waals surface area contributed by atoms with E-state index in [4.69, 9.17) is 28.9 Å². The number of carbonyl (C=O) groups excluding carboxylic acids is 2. The van der Waals surface area contributed by atoms with Crippen LogP contribution in [-0.2, 0) is 0 Å². The maximum atomic E-state index is 13.2. The molecule has 2 aromatic carbocycles. The molecule has 0 amide bonds. The molecule has 28 heavy (non-hydrogen) atoms. The van der Waals surface area contributed by atoms with Crippen LogP contribution in [0.15, 0.2) is 47.3 Å². The smallest absolute Gasteiger partial charge is 0.211 e. The Balaban J connectivity index is 1.99. The van der Waals surface area contributed by atoms with Gasteiger partial charge in [0.25, 0.3) is 0 Å². The molecule has 0 saturated heterocycles. The van der Waals surface area contributed by atoms with Crippen molar-refractivity contribution in [2.45, 2.75) is 0 Å². The van der Waals surface area contributed by atoms with Crippen LogP contribution in [0.5, 0.6) is 0 Å². The topological polar surface area (TPSA) is 93.0 Å². The summed E-state index contributed by atoms with van der Waals surface area (Å²) < 4.78 is 0. The van der Waals surface area contributed by atoms with Gasteiger partial charge in [0.15, 0.2) is 11.6 Å². The number of nitrogen functional groups attached to an aromatic ring is 1. The molecule has 0 spiro atoms. The highest BCUT2D eigenvalue weighted by atomic mass is 35.5. The van der Waals surface area contributed by atoms with Crippen LogP contribution in [0.3, 0.4) is 0 Å². The minimum Gasteiger partial charge on any atom is -0.395 e. The average Bonchev–Trinajstić information content (AvgIpc) is 2.68. The van der Waals surface area contributed by atoms with Gasteiger partial charge in [-0.3, -0.25) is 14.4 Å². The molecule has 0 fully saturated rings. The molecule has 7 heteroatoms. The lowest BCUT2D eigenvalue weighted by atomic mass is 9.80. The second-order valence-electron chi connectivity index (χ2n) is 6.61. The number of halogens is 2. The number of rotatable bonds is 0. The van der Waals surface area contributed by atoms with Crippen LogP contribution in [0, 0.1) is 0 Å². The zero-order chi connectivity index (χ0) is 19.7. The van der Waals surface area contributed by atoms with Crippen LogP contribution in [-0.4, -0.2) is 16.6 Å². The van der Waals surface area contributed by atoms with Crippen LogP contribution in [0.25, 0.3) is 22.2 Å². The van der Waals surface area contributed by atoms with Crippen molar-refractivity contribution in [2.24, 2.45) is 0 Å². The van der Waals surface area contributed by atoms with Crippen LogP contribution in [0.1, 0.15) is 31.8 Å². The molecule has 0 unspecified atom stereocenters. The Bertz CT molecular complexity index is 1410. The number of hydrogen-bond donors (Lipinski definition) is 2.